The quantitative estimate of drug-likeness (QED) is 0.171. The number of furan rings is 1. The van der Waals surface area contributed by atoms with E-state index in [0.29, 0.717) is 5.82 Å². The van der Waals surface area contributed by atoms with Gasteiger partial charge in [0.1, 0.15) is 11.2 Å². The molecule has 0 atom stereocenters. The molecule has 11 aromatic rings. The van der Waals surface area contributed by atoms with Crippen LogP contribution in [0.4, 0.5) is 0 Å². The lowest BCUT2D eigenvalue weighted by Gasteiger charge is -2.13. The van der Waals surface area contributed by atoms with E-state index in [9.17, 15) is 0 Å². The number of rotatable bonds is 6. The minimum atomic E-state index is 0.695. The van der Waals surface area contributed by atoms with Gasteiger partial charge in [0, 0.05) is 53.2 Å². The van der Waals surface area contributed by atoms with Gasteiger partial charge >= 0.3 is 0 Å². The van der Waals surface area contributed by atoms with Crippen LogP contribution in [0.25, 0.3) is 109 Å². The number of nitrogens with zero attached hydrogens (tertiary/aromatic N) is 2. The standard InChI is InChI=1S/C52H32N2OS/c1-3-13-33(14-4-1)38-17-7-8-18-41(38)46-32-45(53-52(54-46)36-15-5-2-6-16-36)35-25-23-34(24-26-35)39-29-30-40(51-50(39)44-20-9-11-21-47(44)55-51)37-27-28-43-42-19-10-12-22-48(42)56-49(43)31-37/h1-32H. The summed E-state index contributed by atoms with van der Waals surface area (Å²) in [5, 5.41) is 4.82. The smallest absolute Gasteiger partial charge is 0.160 e. The largest absolute Gasteiger partial charge is 0.455 e. The molecule has 0 spiro atoms. The molecule has 8 aromatic carbocycles. The molecule has 0 amide bonds. The molecule has 3 aromatic heterocycles. The minimum Gasteiger partial charge on any atom is -0.455 e. The zero-order valence-corrected chi connectivity index (χ0v) is 31.0. The Balaban J connectivity index is 1.03. The van der Waals surface area contributed by atoms with Gasteiger partial charge in [-0.2, -0.15) is 0 Å². The molecule has 0 radical (unpaired) electrons. The Hall–Kier alpha value is -7.14. The van der Waals surface area contributed by atoms with E-state index in [4.69, 9.17) is 14.4 Å². The summed E-state index contributed by atoms with van der Waals surface area (Å²) in [6, 6.07) is 68.4. The number of aromatic nitrogens is 2. The SMILES string of the molecule is c1ccc(-c2nc(-c3ccc(-c4ccc(-c5ccc6c(c5)sc5ccccc56)c5oc6ccccc6c45)cc3)cc(-c3ccccc3-c3ccccc3)n2)cc1. The van der Waals surface area contributed by atoms with E-state index in [0.717, 1.165) is 83.4 Å². The van der Waals surface area contributed by atoms with Crippen molar-refractivity contribution in [3.63, 3.8) is 0 Å². The van der Waals surface area contributed by atoms with Crippen LogP contribution >= 0.6 is 11.3 Å². The average molecular weight is 733 g/mol. The van der Waals surface area contributed by atoms with Crippen molar-refractivity contribution >= 4 is 53.4 Å². The maximum absolute atomic E-state index is 6.70. The zero-order valence-electron chi connectivity index (χ0n) is 30.2. The van der Waals surface area contributed by atoms with Crippen LogP contribution in [0, 0.1) is 0 Å². The van der Waals surface area contributed by atoms with E-state index in [-0.39, 0.29) is 0 Å². The number of hydrogen-bond acceptors (Lipinski definition) is 4. The lowest BCUT2D eigenvalue weighted by Crippen LogP contribution is -1.97. The molecule has 3 heterocycles. The average Bonchev–Trinajstić information content (AvgIpc) is 3.85. The summed E-state index contributed by atoms with van der Waals surface area (Å²) >= 11 is 1.84. The van der Waals surface area contributed by atoms with Crippen molar-refractivity contribution in [2.45, 2.75) is 0 Å². The molecule has 3 nitrogen and oxygen atoms in total. The predicted octanol–water partition coefficient (Wildman–Crippen LogP) is 14.7. The molecule has 0 saturated heterocycles. The second-order valence-electron chi connectivity index (χ2n) is 14.1. The molecular formula is C52H32N2OS. The molecule has 4 heteroatoms. The molecule has 0 saturated carbocycles. The Bertz CT molecular complexity index is 3240. The van der Waals surface area contributed by atoms with Crippen molar-refractivity contribution in [1.82, 2.24) is 9.97 Å². The van der Waals surface area contributed by atoms with Crippen molar-refractivity contribution in [3.05, 3.63) is 194 Å². The van der Waals surface area contributed by atoms with Crippen molar-refractivity contribution in [3.8, 4) is 67.3 Å². The first-order valence-electron chi connectivity index (χ1n) is 18.8. The molecule has 0 aliphatic rings. The van der Waals surface area contributed by atoms with Gasteiger partial charge in [-0.05, 0) is 58.1 Å². The van der Waals surface area contributed by atoms with Gasteiger partial charge in [0.2, 0.25) is 0 Å². The van der Waals surface area contributed by atoms with Gasteiger partial charge in [0.15, 0.2) is 5.82 Å². The fraction of sp³-hybridized carbons (Fsp3) is 0. The molecule has 11 rings (SSSR count). The number of fused-ring (bicyclic) bond motifs is 6. The van der Waals surface area contributed by atoms with Crippen LogP contribution in [0.5, 0.6) is 0 Å². The fourth-order valence-corrected chi connectivity index (χ4v) is 9.18. The summed E-state index contributed by atoms with van der Waals surface area (Å²) in [5.74, 6) is 0.695. The highest BCUT2D eigenvalue weighted by Crippen LogP contribution is 2.44. The van der Waals surface area contributed by atoms with Crippen LogP contribution in [0.2, 0.25) is 0 Å². The Labute approximate surface area is 327 Å². The highest BCUT2D eigenvalue weighted by atomic mass is 32.1. The van der Waals surface area contributed by atoms with Crippen molar-refractivity contribution in [1.29, 1.82) is 0 Å². The van der Waals surface area contributed by atoms with Gasteiger partial charge in [-0.1, -0.05) is 164 Å². The first-order valence-corrected chi connectivity index (χ1v) is 19.6. The number of para-hydroxylation sites is 1. The van der Waals surface area contributed by atoms with E-state index >= 15 is 0 Å². The summed E-state index contributed by atoms with van der Waals surface area (Å²) in [5.41, 5.74) is 13.4. The third-order valence-corrected chi connectivity index (χ3v) is 11.9. The number of thiophene rings is 1. The van der Waals surface area contributed by atoms with Gasteiger partial charge in [0.25, 0.3) is 0 Å². The van der Waals surface area contributed by atoms with Crippen LogP contribution < -0.4 is 0 Å². The van der Waals surface area contributed by atoms with Crippen LogP contribution in [0.1, 0.15) is 0 Å². The summed E-state index contributed by atoms with van der Waals surface area (Å²) in [4.78, 5) is 10.3. The third kappa shape index (κ3) is 5.50. The van der Waals surface area contributed by atoms with E-state index in [1.165, 1.54) is 20.2 Å². The van der Waals surface area contributed by atoms with Crippen LogP contribution in [0.15, 0.2) is 199 Å². The Morgan fingerprint density at radius 1 is 0.357 bits per heavy atom. The predicted molar refractivity (Wildman–Crippen MR) is 235 cm³/mol. The summed E-state index contributed by atoms with van der Waals surface area (Å²) in [6.07, 6.45) is 0. The van der Waals surface area contributed by atoms with Crippen molar-refractivity contribution < 1.29 is 4.42 Å². The maximum Gasteiger partial charge on any atom is 0.160 e. The summed E-state index contributed by atoms with van der Waals surface area (Å²) < 4.78 is 9.28. The molecule has 0 bridgehead atoms. The van der Waals surface area contributed by atoms with Crippen LogP contribution in [-0.2, 0) is 0 Å². The molecule has 0 aliphatic heterocycles. The Kier molecular flexibility index (Phi) is 7.68. The second-order valence-corrected chi connectivity index (χ2v) is 15.2. The van der Waals surface area contributed by atoms with Gasteiger partial charge in [-0.25, -0.2) is 9.97 Å². The molecular weight excluding hydrogens is 701 g/mol. The maximum atomic E-state index is 6.70. The molecule has 0 fully saturated rings. The van der Waals surface area contributed by atoms with Crippen LogP contribution in [-0.4, -0.2) is 9.97 Å². The van der Waals surface area contributed by atoms with Crippen molar-refractivity contribution in [2.24, 2.45) is 0 Å². The van der Waals surface area contributed by atoms with Gasteiger partial charge in [-0.15, -0.1) is 11.3 Å². The summed E-state index contributed by atoms with van der Waals surface area (Å²) in [7, 11) is 0. The van der Waals surface area contributed by atoms with E-state index < -0.39 is 0 Å². The number of hydrogen-bond donors (Lipinski definition) is 0. The number of benzene rings is 8. The van der Waals surface area contributed by atoms with Gasteiger partial charge in [-0.3, -0.25) is 0 Å². The van der Waals surface area contributed by atoms with Gasteiger partial charge < -0.3 is 4.42 Å². The second kappa shape index (κ2) is 13.3. The first-order chi connectivity index (χ1) is 27.7. The fourth-order valence-electron chi connectivity index (χ4n) is 8.04. The molecule has 56 heavy (non-hydrogen) atoms. The monoisotopic (exact) mass is 732 g/mol. The van der Waals surface area contributed by atoms with Crippen LogP contribution in [0.3, 0.4) is 0 Å². The molecule has 0 aliphatic carbocycles. The van der Waals surface area contributed by atoms with Gasteiger partial charge in [0.05, 0.1) is 11.4 Å². The lowest BCUT2D eigenvalue weighted by atomic mass is 9.93. The molecule has 0 unspecified atom stereocenters. The topological polar surface area (TPSA) is 38.9 Å². The summed E-state index contributed by atoms with van der Waals surface area (Å²) in [6.45, 7) is 0. The van der Waals surface area contributed by atoms with E-state index in [2.05, 4.69) is 164 Å². The molecule has 0 N–H and O–H groups in total. The highest BCUT2D eigenvalue weighted by molar-refractivity contribution is 7.25. The Morgan fingerprint density at radius 3 is 1.77 bits per heavy atom. The third-order valence-electron chi connectivity index (χ3n) is 10.8. The Morgan fingerprint density at radius 2 is 0.946 bits per heavy atom. The normalized spacial score (nSPS) is 11.6. The van der Waals surface area contributed by atoms with E-state index in [1.54, 1.807) is 0 Å². The highest BCUT2D eigenvalue weighted by Gasteiger charge is 2.19. The minimum absolute atomic E-state index is 0.695. The zero-order chi connectivity index (χ0) is 37.0. The lowest BCUT2D eigenvalue weighted by molar-refractivity contribution is 0.670. The van der Waals surface area contributed by atoms with Crippen molar-refractivity contribution in [2.75, 3.05) is 0 Å². The van der Waals surface area contributed by atoms with E-state index in [1.807, 2.05) is 41.7 Å². The molecule has 262 valence electrons. The first kappa shape index (κ1) is 32.3.